The van der Waals surface area contributed by atoms with Crippen molar-refractivity contribution in [3.63, 3.8) is 0 Å². The van der Waals surface area contributed by atoms with E-state index in [-0.39, 0.29) is 11.7 Å². The van der Waals surface area contributed by atoms with Gasteiger partial charge in [-0.15, -0.1) is 0 Å². The quantitative estimate of drug-likeness (QED) is 0.515. The molecule has 27 heavy (non-hydrogen) atoms. The number of fused-ring (bicyclic) bond motifs is 1. The van der Waals surface area contributed by atoms with Crippen LogP contribution in [0.5, 0.6) is 0 Å². The normalized spacial score (nSPS) is 14.1. The zero-order valence-corrected chi connectivity index (χ0v) is 15.0. The second kappa shape index (κ2) is 7.54. The third kappa shape index (κ3) is 3.80. The lowest BCUT2D eigenvalue weighted by Gasteiger charge is -2.15. The first-order valence-electron chi connectivity index (χ1n) is 9.18. The van der Waals surface area contributed by atoms with Gasteiger partial charge in [-0.25, -0.2) is 4.98 Å². The minimum atomic E-state index is -0.141. The van der Waals surface area contributed by atoms with Crippen LogP contribution in [-0.2, 0) is 0 Å². The van der Waals surface area contributed by atoms with Gasteiger partial charge in [0.05, 0.1) is 5.52 Å². The van der Waals surface area contributed by atoms with Crippen molar-refractivity contribution in [2.24, 2.45) is 0 Å². The van der Waals surface area contributed by atoms with Gasteiger partial charge >= 0.3 is 0 Å². The summed E-state index contributed by atoms with van der Waals surface area (Å²) < 4.78 is 0. The lowest BCUT2D eigenvalue weighted by Crippen LogP contribution is -2.27. The highest BCUT2D eigenvalue weighted by molar-refractivity contribution is 6.06. The molecule has 1 saturated heterocycles. The Hall–Kier alpha value is -3.27. The van der Waals surface area contributed by atoms with Crippen molar-refractivity contribution < 1.29 is 9.59 Å². The van der Waals surface area contributed by atoms with Crippen LogP contribution in [-0.4, -0.2) is 34.7 Å². The summed E-state index contributed by atoms with van der Waals surface area (Å²) in [5, 5.41) is 1.01. The number of rotatable bonds is 4. The molecule has 2 aromatic carbocycles. The fourth-order valence-electron chi connectivity index (χ4n) is 3.30. The number of ketones is 1. The number of aromatic nitrogens is 1. The van der Waals surface area contributed by atoms with Crippen LogP contribution in [0.4, 0.5) is 0 Å². The molecule has 0 saturated carbocycles. The first kappa shape index (κ1) is 17.2. The van der Waals surface area contributed by atoms with Crippen molar-refractivity contribution in [3.8, 4) is 0 Å². The highest BCUT2D eigenvalue weighted by Gasteiger charge is 2.18. The van der Waals surface area contributed by atoms with E-state index in [1.54, 1.807) is 12.1 Å². The third-order valence-corrected chi connectivity index (χ3v) is 4.83. The molecule has 3 aromatic rings. The maximum absolute atomic E-state index is 12.4. The van der Waals surface area contributed by atoms with Gasteiger partial charge < -0.3 is 4.90 Å². The summed E-state index contributed by atoms with van der Waals surface area (Å²) in [5.74, 6) is -0.0579. The maximum atomic E-state index is 12.4. The van der Waals surface area contributed by atoms with Crippen LogP contribution in [0.3, 0.4) is 0 Å². The van der Waals surface area contributed by atoms with Crippen molar-refractivity contribution in [3.05, 3.63) is 83.6 Å². The summed E-state index contributed by atoms with van der Waals surface area (Å²) >= 11 is 0. The van der Waals surface area contributed by atoms with E-state index in [1.165, 1.54) is 6.08 Å². The molecular formula is C23H20N2O2. The molecule has 134 valence electrons. The number of nitrogens with zero attached hydrogens (tertiary/aromatic N) is 2. The molecule has 0 spiro atoms. The zero-order chi connectivity index (χ0) is 18.6. The Labute approximate surface area is 158 Å². The van der Waals surface area contributed by atoms with Crippen LogP contribution < -0.4 is 0 Å². The molecule has 1 aromatic heterocycles. The van der Waals surface area contributed by atoms with Crippen molar-refractivity contribution in [1.82, 2.24) is 9.88 Å². The third-order valence-electron chi connectivity index (χ3n) is 4.83. The summed E-state index contributed by atoms with van der Waals surface area (Å²) in [4.78, 5) is 31.1. The molecule has 0 N–H and O–H groups in total. The lowest BCUT2D eigenvalue weighted by molar-refractivity contribution is 0.0792. The van der Waals surface area contributed by atoms with Gasteiger partial charge in [0.2, 0.25) is 5.78 Å². The molecule has 1 amide bonds. The fourth-order valence-corrected chi connectivity index (χ4v) is 3.30. The number of hydrogen-bond donors (Lipinski definition) is 0. The van der Waals surface area contributed by atoms with E-state index in [1.807, 2.05) is 59.5 Å². The molecule has 4 rings (SSSR count). The van der Waals surface area contributed by atoms with Gasteiger partial charge in [-0.3, -0.25) is 9.59 Å². The second-order valence-corrected chi connectivity index (χ2v) is 6.71. The van der Waals surface area contributed by atoms with Gasteiger partial charge in [0.15, 0.2) is 0 Å². The van der Waals surface area contributed by atoms with Gasteiger partial charge in [0.1, 0.15) is 5.69 Å². The van der Waals surface area contributed by atoms with E-state index in [2.05, 4.69) is 4.98 Å². The van der Waals surface area contributed by atoms with E-state index in [9.17, 15) is 9.59 Å². The zero-order valence-electron chi connectivity index (χ0n) is 15.0. The smallest absolute Gasteiger partial charge is 0.253 e. The topological polar surface area (TPSA) is 50.3 Å². The molecule has 0 radical (unpaired) electrons. The number of benzene rings is 2. The molecule has 0 unspecified atom stereocenters. The predicted molar refractivity (Wildman–Crippen MR) is 107 cm³/mol. The minimum Gasteiger partial charge on any atom is -0.339 e. The first-order valence-corrected chi connectivity index (χ1v) is 9.18. The SMILES string of the molecule is O=C(C=Cc1ccc(C(=O)N2CCCC2)cc1)c1ccc2ccccc2n1. The number of amides is 1. The molecule has 1 aliphatic heterocycles. The average molecular weight is 356 g/mol. The molecule has 4 heteroatoms. The Morgan fingerprint density at radius 3 is 2.41 bits per heavy atom. The number of hydrogen-bond acceptors (Lipinski definition) is 3. The van der Waals surface area contributed by atoms with E-state index >= 15 is 0 Å². The predicted octanol–water partition coefficient (Wildman–Crippen LogP) is 4.37. The molecule has 0 aliphatic carbocycles. The van der Waals surface area contributed by atoms with Crippen LogP contribution in [0.15, 0.2) is 66.7 Å². The highest BCUT2D eigenvalue weighted by Crippen LogP contribution is 2.15. The van der Waals surface area contributed by atoms with Crippen molar-refractivity contribution in [1.29, 1.82) is 0 Å². The highest BCUT2D eigenvalue weighted by atomic mass is 16.2. The largest absolute Gasteiger partial charge is 0.339 e. The fraction of sp³-hybridized carbons (Fsp3) is 0.174. The lowest BCUT2D eigenvalue weighted by atomic mass is 10.1. The molecule has 0 bridgehead atoms. The number of pyridine rings is 1. The molecular weight excluding hydrogens is 336 g/mol. The number of carbonyl (C=O) groups excluding carboxylic acids is 2. The Kier molecular flexibility index (Phi) is 4.79. The van der Waals surface area contributed by atoms with Crippen LogP contribution >= 0.6 is 0 Å². The van der Waals surface area contributed by atoms with Crippen LogP contribution in [0.25, 0.3) is 17.0 Å². The summed E-state index contributed by atoms with van der Waals surface area (Å²) in [7, 11) is 0. The summed E-state index contributed by atoms with van der Waals surface area (Å²) in [5.41, 5.74) is 2.80. The Morgan fingerprint density at radius 2 is 1.63 bits per heavy atom. The van der Waals surface area contributed by atoms with Gasteiger partial charge in [0.25, 0.3) is 5.91 Å². The molecule has 0 atom stereocenters. The Balaban J connectivity index is 1.46. The van der Waals surface area contributed by atoms with Gasteiger partial charge in [0, 0.05) is 24.0 Å². The van der Waals surface area contributed by atoms with Gasteiger partial charge in [-0.2, -0.15) is 0 Å². The van der Waals surface area contributed by atoms with E-state index < -0.39 is 0 Å². The molecule has 2 heterocycles. The summed E-state index contributed by atoms with van der Waals surface area (Å²) in [6.45, 7) is 1.68. The standard InChI is InChI=1S/C23H20N2O2/c26-22(21-13-12-18-5-1-2-6-20(18)24-21)14-9-17-7-10-19(11-8-17)23(27)25-15-3-4-16-25/h1-2,5-14H,3-4,15-16H2. The Bertz CT molecular complexity index is 1020. The van der Waals surface area contributed by atoms with Crippen LogP contribution in [0, 0.1) is 0 Å². The first-order chi connectivity index (χ1) is 13.2. The molecule has 1 aliphatic rings. The Morgan fingerprint density at radius 1 is 0.889 bits per heavy atom. The second-order valence-electron chi connectivity index (χ2n) is 6.71. The van der Waals surface area contributed by atoms with Crippen molar-refractivity contribution in [2.45, 2.75) is 12.8 Å². The number of carbonyl (C=O) groups is 2. The van der Waals surface area contributed by atoms with E-state index in [0.29, 0.717) is 11.3 Å². The average Bonchev–Trinajstić information content (AvgIpc) is 3.26. The number of allylic oxidation sites excluding steroid dienone is 1. The van der Waals surface area contributed by atoms with Gasteiger partial charge in [-0.05, 0) is 48.7 Å². The van der Waals surface area contributed by atoms with Crippen molar-refractivity contribution in [2.75, 3.05) is 13.1 Å². The number of likely N-dealkylation sites (tertiary alicyclic amines) is 1. The molecule has 1 fully saturated rings. The molecule has 4 nitrogen and oxygen atoms in total. The minimum absolute atomic E-state index is 0.0828. The monoisotopic (exact) mass is 356 g/mol. The van der Waals surface area contributed by atoms with Crippen LogP contribution in [0.1, 0.15) is 39.3 Å². The maximum Gasteiger partial charge on any atom is 0.253 e. The summed E-state index contributed by atoms with van der Waals surface area (Å²) in [6.07, 6.45) is 5.44. The van der Waals surface area contributed by atoms with Crippen molar-refractivity contribution >= 4 is 28.7 Å². The van der Waals surface area contributed by atoms with Crippen LogP contribution in [0.2, 0.25) is 0 Å². The van der Waals surface area contributed by atoms with Gasteiger partial charge in [-0.1, -0.05) is 42.5 Å². The van der Waals surface area contributed by atoms with E-state index in [0.717, 1.165) is 42.4 Å². The number of para-hydroxylation sites is 1. The summed E-state index contributed by atoms with van der Waals surface area (Å²) in [6, 6.07) is 18.7. The van der Waals surface area contributed by atoms with E-state index in [4.69, 9.17) is 0 Å².